The topological polar surface area (TPSA) is 136 Å². The lowest BCUT2D eigenvalue weighted by Crippen LogP contribution is -2.33. The van der Waals surface area contributed by atoms with Gasteiger partial charge in [0, 0.05) is 19.6 Å². The van der Waals surface area contributed by atoms with E-state index in [0.29, 0.717) is 19.0 Å². The van der Waals surface area contributed by atoms with E-state index in [2.05, 4.69) is 5.32 Å². The van der Waals surface area contributed by atoms with Gasteiger partial charge in [-0.1, -0.05) is 6.92 Å². The van der Waals surface area contributed by atoms with Gasteiger partial charge in [0.1, 0.15) is 11.5 Å². The lowest BCUT2D eigenvalue weighted by Gasteiger charge is -2.17. The molecule has 3 N–H and O–H groups in total. The number of carbonyl (C=O) groups excluding carboxylic acids is 1. The highest BCUT2D eigenvalue weighted by Gasteiger charge is 2.21. The molecule has 0 fully saturated rings. The number of hydrogen-bond acceptors (Lipinski definition) is 6. The molecule has 0 aliphatic carbocycles. The van der Waals surface area contributed by atoms with Crippen molar-refractivity contribution in [2.24, 2.45) is 0 Å². The van der Waals surface area contributed by atoms with Crippen molar-refractivity contribution in [3.8, 4) is 0 Å². The standard InChI is InChI=1S/C13H19FN4O5S/c1-3-17(24(2,22)23)6-4-5-16-13(19)10-7-9(14)8-11(12(10)15)18(20)21/h7-8H,3-6,15H2,1-2H3,(H,16,19). The van der Waals surface area contributed by atoms with Crippen molar-refractivity contribution in [3.63, 3.8) is 0 Å². The van der Waals surface area contributed by atoms with E-state index >= 15 is 0 Å². The van der Waals surface area contributed by atoms with Gasteiger partial charge in [0.05, 0.1) is 22.8 Å². The van der Waals surface area contributed by atoms with Crippen LogP contribution in [0.2, 0.25) is 0 Å². The number of rotatable bonds is 8. The highest BCUT2D eigenvalue weighted by molar-refractivity contribution is 7.88. The molecule has 0 unspecified atom stereocenters. The molecule has 1 aromatic carbocycles. The molecule has 0 radical (unpaired) electrons. The fraction of sp³-hybridized carbons (Fsp3) is 0.462. The zero-order chi connectivity index (χ0) is 18.5. The maximum Gasteiger partial charge on any atom is 0.295 e. The molecule has 0 saturated carbocycles. The van der Waals surface area contributed by atoms with E-state index in [-0.39, 0.29) is 18.7 Å². The maximum absolute atomic E-state index is 13.4. The van der Waals surface area contributed by atoms with Crippen molar-refractivity contribution in [2.45, 2.75) is 13.3 Å². The molecule has 0 spiro atoms. The summed E-state index contributed by atoms with van der Waals surface area (Å²) in [4.78, 5) is 21.9. The fourth-order valence-electron chi connectivity index (χ4n) is 2.05. The van der Waals surface area contributed by atoms with Crippen LogP contribution in [0.15, 0.2) is 12.1 Å². The number of nitro benzene ring substituents is 1. The Hall–Kier alpha value is -2.27. The van der Waals surface area contributed by atoms with Gasteiger partial charge in [-0.3, -0.25) is 14.9 Å². The first-order valence-electron chi connectivity index (χ1n) is 7.04. The zero-order valence-electron chi connectivity index (χ0n) is 13.3. The first-order valence-corrected chi connectivity index (χ1v) is 8.89. The number of hydrogen-bond donors (Lipinski definition) is 2. The first kappa shape index (κ1) is 19.8. The highest BCUT2D eigenvalue weighted by atomic mass is 32.2. The smallest absolute Gasteiger partial charge is 0.295 e. The Morgan fingerprint density at radius 1 is 1.46 bits per heavy atom. The Balaban J connectivity index is 2.72. The largest absolute Gasteiger partial charge is 0.393 e. The second-order valence-corrected chi connectivity index (χ2v) is 6.99. The van der Waals surface area contributed by atoms with E-state index in [4.69, 9.17) is 5.73 Å². The van der Waals surface area contributed by atoms with Gasteiger partial charge in [0.2, 0.25) is 10.0 Å². The summed E-state index contributed by atoms with van der Waals surface area (Å²) in [7, 11) is -3.32. The number of carbonyl (C=O) groups is 1. The summed E-state index contributed by atoms with van der Waals surface area (Å²) in [6, 6.07) is 1.45. The number of anilines is 1. The van der Waals surface area contributed by atoms with Crippen molar-refractivity contribution in [2.75, 3.05) is 31.6 Å². The van der Waals surface area contributed by atoms with E-state index < -0.39 is 38.0 Å². The Morgan fingerprint density at radius 3 is 2.58 bits per heavy atom. The van der Waals surface area contributed by atoms with Crippen LogP contribution in [0.25, 0.3) is 0 Å². The maximum atomic E-state index is 13.4. The van der Waals surface area contributed by atoms with E-state index in [9.17, 15) is 27.7 Å². The van der Waals surface area contributed by atoms with E-state index in [0.717, 1.165) is 12.3 Å². The number of amides is 1. The number of nitrogens with one attached hydrogen (secondary N) is 1. The molecule has 0 bridgehead atoms. The average molecular weight is 362 g/mol. The summed E-state index contributed by atoms with van der Waals surface area (Å²) < 4.78 is 37.4. The Labute approximate surface area is 138 Å². The lowest BCUT2D eigenvalue weighted by atomic mass is 10.1. The minimum Gasteiger partial charge on any atom is -0.393 e. The SMILES string of the molecule is CCN(CCCNC(=O)c1cc(F)cc([N+](=O)[O-])c1N)S(C)(=O)=O. The van der Waals surface area contributed by atoms with Crippen LogP contribution in [-0.4, -0.2) is 49.4 Å². The second kappa shape index (κ2) is 8.02. The van der Waals surface area contributed by atoms with E-state index in [1.807, 2.05) is 0 Å². The summed E-state index contributed by atoms with van der Waals surface area (Å²) in [6.45, 7) is 2.30. The van der Waals surface area contributed by atoms with Crippen LogP contribution >= 0.6 is 0 Å². The average Bonchev–Trinajstić information content (AvgIpc) is 2.47. The van der Waals surface area contributed by atoms with Gasteiger partial charge >= 0.3 is 0 Å². The Morgan fingerprint density at radius 2 is 2.08 bits per heavy atom. The van der Waals surface area contributed by atoms with Crippen LogP contribution in [0.1, 0.15) is 23.7 Å². The molecule has 24 heavy (non-hydrogen) atoms. The zero-order valence-corrected chi connectivity index (χ0v) is 14.1. The molecule has 0 heterocycles. The van der Waals surface area contributed by atoms with Crippen molar-refractivity contribution in [3.05, 3.63) is 33.6 Å². The number of nitrogens with zero attached hydrogens (tertiary/aromatic N) is 2. The molecular weight excluding hydrogens is 343 g/mol. The monoisotopic (exact) mass is 362 g/mol. The van der Waals surface area contributed by atoms with Gasteiger partial charge in [0.25, 0.3) is 11.6 Å². The first-order chi connectivity index (χ1) is 11.1. The van der Waals surface area contributed by atoms with Crippen molar-refractivity contribution < 1.29 is 22.5 Å². The highest BCUT2D eigenvalue weighted by Crippen LogP contribution is 2.26. The summed E-state index contributed by atoms with van der Waals surface area (Å²) in [5, 5.41) is 13.2. The molecular formula is C13H19FN4O5S. The van der Waals surface area contributed by atoms with E-state index in [1.54, 1.807) is 6.92 Å². The van der Waals surface area contributed by atoms with Crippen LogP contribution in [-0.2, 0) is 10.0 Å². The van der Waals surface area contributed by atoms with Crippen molar-refractivity contribution in [1.29, 1.82) is 0 Å². The van der Waals surface area contributed by atoms with Gasteiger partial charge < -0.3 is 11.1 Å². The number of benzene rings is 1. The molecule has 0 aliphatic heterocycles. The number of nitrogens with two attached hydrogens (primary N) is 1. The second-order valence-electron chi connectivity index (χ2n) is 5.01. The molecule has 0 atom stereocenters. The van der Waals surface area contributed by atoms with E-state index in [1.165, 1.54) is 4.31 Å². The van der Waals surface area contributed by atoms with Gasteiger partial charge in [0.15, 0.2) is 0 Å². The minimum atomic E-state index is -3.32. The summed E-state index contributed by atoms with van der Waals surface area (Å²) in [6.07, 6.45) is 1.41. The molecule has 1 aromatic rings. The van der Waals surface area contributed by atoms with Gasteiger partial charge in [-0.15, -0.1) is 0 Å². The predicted octanol–water partition coefficient (Wildman–Crippen LogP) is 0.718. The normalized spacial score (nSPS) is 11.5. The number of nitro groups is 1. The number of nitrogen functional groups attached to an aromatic ring is 1. The molecule has 134 valence electrons. The summed E-state index contributed by atoms with van der Waals surface area (Å²) in [5.41, 5.74) is 4.08. The van der Waals surface area contributed by atoms with Gasteiger partial charge in [-0.25, -0.2) is 17.1 Å². The Bertz CT molecular complexity index is 738. The molecule has 1 amide bonds. The third kappa shape index (κ3) is 5.13. The summed E-state index contributed by atoms with van der Waals surface area (Å²) in [5.74, 6) is -1.72. The molecule has 0 aromatic heterocycles. The van der Waals surface area contributed by atoms with Crippen LogP contribution < -0.4 is 11.1 Å². The van der Waals surface area contributed by atoms with Crippen LogP contribution in [0.5, 0.6) is 0 Å². The van der Waals surface area contributed by atoms with Crippen LogP contribution in [0.4, 0.5) is 15.8 Å². The van der Waals surface area contributed by atoms with Gasteiger partial charge in [-0.2, -0.15) is 0 Å². The number of sulfonamides is 1. The molecule has 0 aliphatic rings. The van der Waals surface area contributed by atoms with Crippen molar-refractivity contribution >= 4 is 27.3 Å². The van der Waals surface area contributed by atoms with Crippen molar-refractivity contribution in [1.82, 2.24) is 9.62 Å². The predicted molar refractivity (Wildman–Crippen MR) is 86.5 cm³/mol. The Kier molecular flexibility index (Phi) is 6.60. The fourth-order valence-corrected chi connectivity index (χ4v) is 2.98. The molecule has 0 saturated heterocycles. The lowest BCUT2D eigenvalue weighted by molar-refractivity contribution is -0.384. The number of halogens is 1. The van der Waals surface area contributed by atoms with Crippen LogP contribution in [0.3, 0.4) is 0 Å². The van der Waals surface area contributed by atoms with Gasteiger partial charge in [-0.05, 0) is 12.5 Å². The summed E-state index contributed by atoms with van der Waals surface area (Å²) >= 11 is 0. The molecule has 11 heteroatoms. The third-order valence-electron chi connectivity index (χ3n) is 3.26. The van der Waals surface area contributed by atoms with Crippen LogP contribution in [0, 0.1) is 15.9 Å². The molecule has 1 rings (SSSR count). The minimum absolute atomic E-state index is 0.106. The molecule has 9 nitrogen and oxygen atoms in total. The third-order valence-corrected chi connectivity index (χ3v) is 4.63. The quantitative estimate of drug-likeness (QED) is 0.303.